The molecule has 3 heteroatoms. The van der Waals surface area contributed by atoms with E-state index in [1.165, 1.54) is 6.07 Å². The lowest BCUT2D eigenvalue weighted by Crippen LogP contribution is -2.01. The van der Waals surface area contributed by atoms with Crippen molar-refractivity contribution < 1.29 is 4.39 Å². The van der Waals surface area contributed by atoms with Gasteiger partial charge in [-0.1, -0.05) is 44.0 Å². The third-order valence-corrected chi connectivity index (χ3v) is 3.26. The topological polar surface area (TPSA) is 0 Å². The molecule has 0 atom stereocenters. The Morgan fingerprint density at radius 3 is 2.42 bits per heavy atom. The van der Waals surface area contributed by atoms with Gasteiger partial charge in [0, 0.05) is 16.6 Å². The second kappa shape index (κ2) is 4.97. The van der Waals surface area contributed by atoms with Gasteiger partial charge in [0.25, 0.3) is 0 Å². The van der Waals surface area contributed by atoms with Crippen molar-refractivity contribution in [2.75, 3.05) is 10.7 Å². The van der Waals surface area contributed by atoms with Gasteiger partial charge in [0.05, 0.1) is 0 Å². The summed E-state index contributed by atoms with van der Waals surface area (Å²) >= 11 is 6.77. The highest BCUT2D eigenvalue weighted by molar-refractivity contribution is 9.09. The molecule has 12 heavy (non-hydrogen) atoms. The van der Waals surface area contributed by atoms with Gasteiger partial charge in [-0.15, -0.1) is 0 Å². The van der Waals surface area contributed by atoms with Crippen molar-refractivity contribution in [2.24, 2.45) is 0 Å². The minimum atomic E-state index is -0.167. The first kappa shape index (κ1) is 10.2. The second-order valence-corrected chi connectivity index (χ2v) is 3.86. The Morgan fingerprint density at radius 1 is 1.25 bits per heavy atom. The van der Waals surface area contributed by atoms with Crippen molar-refractivity contribution in [3.05, 3.63) is 35.6 Å². The van der Waals surface area contributed by atoms with Crippen LogP contribution in [0.2, 0.25) is 0 Å². The van der Waals surface area contributed by atoms with Crippen LogP contribution in [0, 0.1) is 5.82 Å². The largest absolute Gasteiger partial charge is 0.207 e. The van der Waals surface area contributed by atoms with E-state index in [1.807, 2.05) is 6.07 Å². The van der Waals surface area contributed by atoms with Crippen LogP contribution in [0.5, 0.6) is 0 Å². The van der Waals surface area contributed by atoms with Gasteiger partial charge in [0.15, 0.2) is 0 Å². The molecule has 0 N–H and O–H groups in total. The number of halogens is 3. The number of rotatable bonds is 3. The molecule has 0 nitrogen and oxygen atoms in total. The molecule has 0 amide bonds. The molecule has 0 saturated heterocycles. The molecule has 0 aromatic heterocycles. The molecule has 1 rings (SSSR count). The number of hydrogen-bond acceptors (Lipinski definition) is 0. The fraction of sp³-hybridized carbons (Fsp3) is 0.333. The van der Waals surface area contributed by atoms with E-state index in [0.717, 1.165) is 16.2 Å². The van der Waals surface area contributed by atoms with E-state index in [1.54, 1.807) is 12.1 Å². The van der Waals surface area contributed by atoms with E-state index in [9.17, 15) is 4.39 Å². The first-order valence-electron chi connectivity index (χ1n) is 3.65. The molecule has 0 spiro atoms. The standard InChI is InChI=1S/C9H9Br2F/c10-5-8(6-11)7-2-1-3-9(12)4-7/h1-4,8H,5-6H2. The van der Waals surface area contributed by atoms with E-state index < -0.39 is 0 Å². The van der Waals surface area contributed by atoms with Gasteiger partial charge in [0.1, 0.15) is 5.82 Å². The molecule has 0 radical (unpaired) electrons. The molecule has 0 bridgehead atoms. The summed E-state index contributed by atoms with van der Waals surface area (Å²) < 4.78 is 12.8. The maximum atomic E-state index is 12.8. The van der Waals surface area contributed by atoms with Gasteiger partial charge in [-0.3, -0.25) is 0 Å². The first-order valence-corrected chi connectivity index (χ1v) is 5.89. The third kappa shape index (κ3) is 2.56. The van der Waals surface area contributed by atoms with E-state index in [-0.39, 0.29) is 5.82 Å². The lowest BCUT2D eigenvalue weighted by atomic mass is 10.0. The molecule has 0 aliphatic carbocycles. The fourth-order valence-electron chi connectivity index (χ4n) is 0.980. The first-order chi connectivity index (χ1) is 5.77. The minimum Gasteiger partial charge on any atom is -0.207 e. The highest BCUT2D eigenvalue weighted by atomic mass is 79.9. The summed E-state index contributed by atoms with van der Waals surface area (Å²) in [6, 6.07) is 6.72. The number of alkyl halides is 2. The van der Waals surface area contributed by atoms with E-state index >= 15 is 0 Å². The van der Waals surface area contributed by atoms with E-state index in [4.69, 9.17) is 0 Å². The Hall–Kier alpha value is 0.110. The zero-order valence-electron chi connectivity index (χ0n) is 6.43. The van der Waals surface area contributed by atoms with Crippen LogP contribution in [0.15, 0.2) is 24.3 Å². The number of benzene rings is 1. The summed E-state index contributed by atoms with van der Waals surface area (Å²) in [4.78, 5) is 0. The van der Waals surface area contributed by atoms with Crippen molar-refractivity contribution in [1.82, 2.24) is 0 Å². The SMILES string of the molecule is Fc1cccc(C(CBr)CBr)c1. The molecule has 0 unspecified atom stereocenters. The molecule has 1 aromatic carbocycles. The predicted molar refractivity (Wildman–Crippen MR) is 56.7 cm³/mol. The molecule has 66 valence electrons. The van der Waals surface area contributed by atoms with Gasteiger partial charge in [-0.05, 0) is 17.7 Å². The highest BCUT2D eigenvalue weighted by Gasteiger charge is 2.08. The Morgan fingerprint density at radius 2 is 1.92 bits per heavy atom. The smallest absolute Gasteiger partial charge is 0.123 e. The zero-order chi connectivity index (χ0) is 8.97. The lowest BCUT2D eigenvalue weighted by molar-refractivity contribution is 0.624. The molecule has 0 aliphatic heterocycles. The molecule has 0 aliphatic rings. The van der Waals surface area contributed by atoms with Gasteiger partial charge >= 0.3 is 0 Å². The summed E-state index contributed by atoms with van der Waals surface area (Å²) in [6.45, 7) is 0. The summed E-state index contributed by atoms with van der Waals surface area (Å²) in [6.07, 6.45) is 0. The van der Waals surface area contributed by atoms with Crippen LogP contribution in [-0.4, -0.2) is 10.7 Å². The molecule has 0 fully saturated rings. The van der Waals surface area contributed by atoms with Crippen molar-refractivity contribution in [3.8, 4) is 0 Å². The third-order valence-electron chi connectivity index (χ3n) is 1.69. The Balaban J connectivity index is 2.85. The Kier molecular flexibility index (Phi) is 4.22. The van der Waals surface area contributed by atoms with Crippen LogP contribution >= 0.6 is 31.9 Å². The van der Waals surface area contributed by atoms with Crippen LogP contribution in [0.3, 0.4) is 0 Å². The van der Waals surface area contributed by atoms with Gasteiger partial charge in [0.2, 0.25) is 0 Å². The minimum absolute atomic E-state index is 0.167. The summed E-state index contributed by atoms with van der Waals surface area (Å²) in [5, 5.41) is 1.70. The average molecular weight is 296 g/mol. The van der Waals surface area contributed by atoms with Crippen LogP contribution < -0.4 is 0 Å². The summed E-state index contributed by atoms with van der Waals surface area (Å²) in [5.41, 5.74) is 1.03. The molecule has 1 aromatic rings. The molecular formula is C9H9Br2F. The second-order valence-electron chi connectivity index (χ2n) is 2.56. The maximum Gasteiger partial charge on any atom is 0.123 e. The van der Waals surface area contributed by atoms with Crippen LogP contribution in [0.4, 0.5) is 4.39 Å². The zero-order valence-corrected chi connectivity index (χ0v) is 9.61. The summed E-state index contributed by atoms with van der Waals surface area (Å²) in [7, 11) is 0. The fourth-order valence-corrected chi connectivity index (χ4v) is 2.80. The summed E-state index contributed by atoms with van der Waals surface area (Å²) in [5.74, 6) is 0.181. The van der Waals surface area contributed by atoms with E-state index in [2.05, 4.69) is 31.9 Å². The van der Waals surface area contributed by atoms with Crippen LogP contribution in [-0.2, 0) is 0 Å². The number of hydrogen-bond donors (Lipinski definition) is 0. The quantitative estimate of drug-likeness (QED) is 0.746. The normalized spacial score (nSPS) is 10.7. The average Bonchev–Trinajstić information content (AvgIpc) is 2.07. The van der Waals surface area contributed by atoms with Gasteiger partial charge in [-0.2, -0.15) is 0 Å². The lowest BCUT2D eigenvalue weighted by Gasteiger charge is -2.10. The molecule has 0 heterocycles. The predicted octanol–water partition coefficient (Wildman–Crippen LogP) is 3.70. The van der Waals surface area contributed by atoms with Crippen molar-refractivity contribution in [3.63, 3.8) is 0 Å². The van der Waals surface area contributed by atoms with Crippen molar-refractivity contribution in [1.29, 1.82) is 0 Å². The Labute approximate surface area is 88.4 Å². The van der Waals surface area contributed by atoms with Crippen LogP contribution in [0.25, 0.3) is 0 Å². The van der Waals surface area contributed by atoms with Gasteiger partial charge in [-0.25, -0.2) is 4.39 Å². The van der Waals surface area contributed by atoms with Crippen molar-refractivity contribution >= 4 is 31.9 Å². The maximum absolute atomic E-state index is 12.8. The van der Waals surface area contributed by atoms with Crippen LogP contribution in [0.1, 0.15) is 11.5 Å². The van der Waals surface area contributed by atoms with Crippen molar-refractivity contribution in [2.45, 2.75) is 5.92 Å². The molecular weight excluding hydrogens is 287 g/mol. The molecule has 0 saturated carbocycles. The van der Waals surface area contributed by atoms with Gasteiger partial charge < -0.3 is 0 Å². The van der Waals surface area contributed by atoms with E-state index in [0.29, 0.717) is 5.92 Å². The highest BCUT2D eigenvalue weighted by Crippen LogP contribution is 2.20. The monoisotopic (exact) mass is 294 g/mol. The Bertz CT molecular complexity index is 246.